The quantitative estimate of drug-likeness (QED) is 0.556. The molecule has 25 heavy (non-hydrogen) atoms. The fraction of sp³-hybridized carbons (Fsp3) is 0.0500. The largest absolute Gasteiger partial charge is 0.397 e. The first-order valence-corrected chi connectivity index (χ1v) is 8.66. The lowest BCUT2D eigenvalue weighted by molar-refractivity contribution is 0.104. The zero-order valence-corrected chi connectivity index (χ0v) is 14.4. The highest BCUT2D eigenvalue weighted by Crippen LogP contribution is 2.35. The van der Waals surface area contributed by atoms with Crippen LogP contribution in [0.5, 0.6) is 0 Å². The number of thiophene rings is 1. The number of hydrogen-bond donors (Lipinski definition) is 1. The first-order chi connectivity index (χ1) is 12.1. The van der Waals surface area contributed by atoms with Gasteiger partial charge in [-0.3, -0.25) is 9.78 Å². The number of fused-ring (bicyclic) bond motifs is 1. The van der Waals surface area contributed by atoms with Crippen LogP contribution in [0.25, 0.3) is 21.5 Å². The second-order valence-corrected chi connectivity index (χ2v) is 6.83. The topological polar surface area (TPSA) is 68.9 Å². The molecular weight excluding hydrogens is 330 g/mol. The molecule has 4 nitrogen and oxygen atoms in total. The van der Waals surface area contributed by atoms with Gasteiger partial charge in [-0.2, -0.15) is 0 Å². The Morgan fingerprint density at radius 2 is 1.88 bits per heavy atom. The number of nitrogens with zero attached hydrogens (tertiary/aromatic N) is 2. The van der Waals surface area contributed by atoms with Gasteiger partial charge >= 0.3 is 0 Å². The second-order valence-electron chi connectivity index (χ2n) is 5.83. The van der Waals surface area contributed by atoms with Crippen LogP contribution < -0.4 is 5.73 Å². The maximum absolute atomic E-state index is 12.8. The molecule has 0 aliphatic heterocycles. The molecule has 0 saturated heterocycles. The number of nitrogens with two attached hydrogens (primary N) is 1. The molecule has 0 aliphatic rings. The fourth-order valence-electron chi connectivity index (χ4n) is 2.68. The van der Waals surface area contributed by atoms with Crippen molar-refractivity contribution in [3.63, 3.8) is 0 Å². The van der Waals surface area contributed by atoms with E-state index in [1.54, 1.807) is 12.4 Å². The van der Waals surface area contributed by atoms with Crippen LogP contribution >= 0.6 is 11.3 Å². The molecule has 1 aromatic carbocycles. The van der Waals surface area contributed by atoms with Gasteiger partial charge in [0.15, 0.2) is 0 Å². The third-order valence-corrected chi connectivity index (χ3v) is 5.19. The van der Waals surface area contributed by atoms with Crippen LogP contribution in [0, 0.1) is 6.92 Å². The molecule has 0 unspecified atom stereocenters. The lowest BCUT2D eigenvalue weighted by Gasteiger charge is -2.01. The smallest absolute Gasteiger partial charge is 0.205 e. The summed E-state index contributed by atoms with van der Waals surface area (Å²) in [6.45, 7) is 1.99. The average molecular weight is 345 g/mol. The summed E-state index contributed by atoms with van der Waals surface area (Å²) in [6, 6.07) is 15.2. The Labute approximate surface area is 149 Å². The lowest BCUT2D eigenvalue weighted by Crippen LogP contribution is -2.01. The van der Waals surface area contributed by atoms with Crippen LogP contribution in [0.4, 0.5) is 5.69 Å². The van der Waals surface area contributed by atoms with E-state index in [-0.39, 0.29) is 5.78 Å². The molecule has 0 radical (unpaired) electrons. The Hall–Kier alpha value is -3.05. The first kappa shape index (κ1) is 15.5. The van der Waals surface area contributed by atoms with E-state index >= 15 is 0 Å². The number of nitrogen functional groups attached to an aromatic ring is 1. The van der Waals surface area contributed by atoms with Crippen LogP contribution in [0.15, 0.2) is 60.9 Å². The number of rotatable bonds is 3. The van der Waals surface area contributed by atoms with Crippen molar-refractivity contribution in [2.45, 2.75) is 6.92 Å². The highest BCUT2D eigenvalue weighted by atomic mass is 32.1. The predicted octanol–water partition coefficient (Wildman–Crippen LogP) is 4.48. The zero-order valence-electron chi connectivity index (χ0n) is 13.6. The van der Waals surface area contributed by atoms with Crippen molar-refractivity contribution in [1.29, 1.82) is 0 Å². The minimum atomic E-state index is -0.0663. The second kappa shape index (κ2) is 6.11. The van der Waals surface area contributed by atoms with Crippen molar-refractivity contribution in [1.82, 2.24) is 9.97 Å². The number of aromatic nitrogens is 2. The molecule has 0 spiro atoms. The van der Waals surface area contributed by atoms with E-state index in [2.05, 4.69) is 9.97 Å². The summed E-state index contributed by atoms with van der Waals surface area (Å²) in [6.07, 6.45) is 3.49. The third kappa shape index (κ3) is 2.79. The SMILES string of the molecule is Cc1ccc(C(=O)c2sc3nc(-c4cccnc4)ccc3c2N)cc1. The van der Waals surface area contributed by atoms with Crippen molar-refractivity contribution in [2.24, 2.45) is 0 Å². The minimum absolute atomic E-state index is 0.0663. The Morgan fingerprint density at radius 3 is 2.60 bits per heavy atom. The number of aryl methyl sites for hydroxylation is 1. The van der Waals surface area contributed by atoms with Gasteiger partial charge in [0.05, 0.1) is 11.4 Å². The summed E-state index contributed by atoms with van der Waals surface area (Å²) in [5.41, 5.74) is 10.2. The zero-order chi connectivity index (χ0) is 17.4. The van der Waals surface area contributed by atoms with Crippen molar-refractivity contribution in [2.75, 3.05) is 5.73 Å². The van der Waals surface area contributed by atoms with E-state index in [1.165, 1.54) is 11.3 Å². The van der Waals surface area contributed by atoms with Gasteiger partial charge in [0.25, 0.3) is 0 Å². The van der Waals surface area contributed by atoms with Crippen LogP contribution in [-0.2, 0) is 0 Å². The van der Waals surface area contributed by atoms with Crippen LogP contribution in [-0.4, -0.2) is 15.8 Å². The standard InChI is InChI=1S/C20H15N3OS/c1-12-4-6-13(7-5-12)18(24)19-17(21)15-8-9-16(23-20(15)25-19)14-3-2-10-22-11-14/h2-11H,21H2,1H3. The fourth-order valence-corrected chi connectivity index (χ4v) is 3.73. The molecule has 4 rings (SSSR count). The van der Waals surface area contributed by atoms with Crippen molar-refractivity contribution in [3.8, 4) is 11.3 Å². The molecule has 0 bridgehead atoms. The number of hydrogen-bond acceptors (Lipinski definition) is 5. The average Bonchev–Trinajstić information content (AvgIpc) is 2.98. The van der Waals surface area contributed by atoms with E-state index in [4.69, 9.17) is 5.73 Å². The Balaban J connectivity index is 1.79. The predicted molar refractivity (Wildman–Crippen MR) is 102 cm³/mol. The number of pyridine rings is 2. The Bertz CT molecular complexity index is 1070. The summed E-state index contributed by atoms with van der Waals surface area (Å²) in [7, 11) is 0. The molecule has 3 heterocycles. The van der Waals surface area contributed by atoms with Gasteiger partial charge in [-0.15, -0.1) is 11.3 Å². The molecule has 3 aromatic heterocycles. The Morgan fingerprint density at radius 1 is 1.08 bits per heavy atom. The first-order valence-electron chi connectivity index (χ1n) is 7.84. The highest BCUT2D eigenvalue weighted by molar-refractivity contribution is 7.21. The number of ketones is 1. The summed E-state index contributed by atoms with van der Waals surface area (Å²) < 4.78 is 0. The summed E-state index contributed by atoms with van der Waals surface area (Å²) in [5, 5.41) is 0.813. The third-order valence-electron chi connectivity index (χ3n) is 4.07. The Kier molecular flexibility index (Phi) is 3.78. The van der Waals surface area contributed by atoms with Gasteiger partial charge in [-0.1, -0.05) is 29.8 Å². The molecule has 0 atom stereocenters. The van der Waals surface area contributed by atoms with E-state index in [9.17, 15) is 4.79 Å². The molecule has 0 fully saturated rings. The van der Waals surface area contributed by atoms with Gasteiger partial charge in [-0.25, -0.2) is 4.98 Å². The van der Waals surface area contributed by atoms with E-state index in [0.717, 1.165) is 27.0 Å². The normalized spacial score (nSPS) is 10.9. The van der Waals surface area contributed by atoms with Crippen molar-refractivity contribution < 1.29 is 4.79 Å². The number of carbonyl (C=O) groups is 1. The lowest BCUT2D eigenvalue weighted by atomic mass is 10.1. The number of carbonyl (C=O) groups excluding carboxylic acids is 1. The van der Waals surface area contributed by atoms with E-state index < -0.39 is 0 Å². The summed E-state index contributed by atoms with van der Waals surface area (Å²) >= 11 is 1.33. The van der Waals surface area contributed by atoms with Gasteiger partial charge in [-0.05, 0) is 31.2 Å². The molecular formula is C20H15N3OS. The summed E-state index contributed by atoms with van der Waals surface area (Å²) in [4.78, 5) is 22.9. The van der Waals surface area contributed by atoms with Gasteiger partial charge < -0.3 is 5.73 Å². The maximum atomic E-state index is 12.8. The highest BCUT2D eigenvalue weighted by Gasteiger charge is 2.19. The van der Waals surface area contributed by atoms with Crippen LogP contribution in [0.1, 0.15) is 20.8 Å². The van der Waals surface area contributed by atoms with E-state index in [1.807, 2.05) is 55.5 Å². The van der Waals surface area contributed by atoms with Gasteiger partial charge in [0.2, 0.25) is 5.78 Å². The molecule has 122 valence electrons. The molecule has 0 aliphatic carbocycles. The minimum Gasteiger partial charge on any atom is -0.397 e. The number of benzene rings is 1. The van der Waals surface area contributed by atoms with Crippen molar-refractivity contribution in [3.05, 3.63) is 76.9 Å². The van der Waals surface area contributed by atoms with Crippen molar-refractivity contribution >= 4 is 33.0 Å². The molecule has 0 amide bonds. The van der Waals surface area contributed by atoms with Crippen LogP contribution in [0.2, 0.25) is 0 Å². The molecule has 0 saturated carbocycles. The maximum Gasteiger partial charge on any atom is 0.205 e. The van der Waals surface area contributed by atoms with Crippen LogP contribution in [0.3, 0.4) is 0 Å². The summed E-state index contributed by atoms with van der Waals surface area (Å²) in [5.74, 6) is -0.0663. The van der Waals surface area contributed by atoms with Gasteiger partial charge in [0, 0.05) is 28.9 Å². The molecule has 5 heteroatoms. The molecule has 4 aromatic rings. The monoisotopic (exact) mass is 345 g/mol. The van der Waals surface area contributed by atoms with E-state index in [0.29, 0.717) is 16.1 Å². The van der Waals surface area contributed by atoms with Gasteiger partial charge in [0.1, 0.15) is 9.71 Å². The molecule has 2 N–H and O–H groups in total. The number of anilines is 1.